The molecule has 7 rings (SSSR count). The minimum absolute atomic E-state index is 0.00275. The molecule has 2 aromatic carbocycles. The molecule has 3 fully saturated rings. The third-order valence-electron chi connectivity index (χ3n) is 13.4. The van der Waals surface area contributed by atoms with E-state index in [0.29, 0.717) is 72.5 Å². The number of benzene rings is 2. The Labute approximate surface area is 393 Å². The third-order valence-corrected chi connectivity index (χ3v) is 15.5. The number of alkyl carbamates (subject to hydrolysis) is 1. The number of fused-ring (bicyclic) bond motifs is 3. The normalized spacial score (nSPS) is 26.9. The fraction of sp³-hybridized carbons (Fsp3) is 0.562. The van der Waals surface area contributed by atoms with Gasteiger partial charge in [-0.3, -0.25) is 19.1 Å². The number of alkyl halides is 4. The summed E-state index contributed by atoms with van der Waals surface area (Å²) in [6.45, 7) is 7.29. The van der Waals surface area contributed by atoms with E-state index in [2.05, 4.69) is 10.6 Å². The second kappa shape index (κ2) is 19.0. The maximum atomic E-state index is 15.0. The van der Waals surface area contributed by atoms with Crippen LogP contribution in [0.1, 0.15) is 86.5 Å². The molecule has 2 aliphatic heterocycles. The first kappa shape index (κ1) is 50.2. The van der Waals surface area contributed by atoms with Crippen molar-refractivity contribution in [3.8, 4) is 28.5 Å². The van der Waals surface area contributed by atoms with E-state index in [9.17, 15) is 40.4 Å². The summed E-state index contributed by atoms with van der Waals surface area (Å²) in [6, 6.07) is 11.3. The van der Waals surface area contributed by atoms with Crippen LogP contribution in [0.5, 0.6) is 17.2 Å². The molecule has 15 nitrogen and oxygen atoms in total. The summed E-state index contributed by atoms with van der Waals surface area (Å²) in [4.78, 5) is 63.3. The van der Waals surface area contributed by atoms with E-state index >= 15 is 4.79 Å². The number of aromatic nitrogens is 1. The highest BCUT2D eigenvalue weighted by Crippen LogP contribution is 2.48. The number of rotatable bonds is 12. The Morgan fingerprint density at radius 3 is 2.34 bits per heavy atom. The Morgan fingerprint density at radius 1 is 1.01 bits per heavy atom. The molecule has 0 radical (unpaired) electrons. The summed E-state index contributed by atoms with van der Waals surface area (Å²) in [7, 11) is -2.98. The highest BCUT2D eigenvalue weighted by molar-refractivity contribution is 7.91. The van der Waals surface area contributed by atoms with Crippen molar-refractivity contribution in [1.29, 1.82) is 0 Å². The molecule has 20 heteroatoms. The molecular weight excluding hydrogens is 915 g/mol. The van der Waals surface area contributed by atoms with E-state index < -0.39 is 92.6 Å². The number of pyridine rings is 1. The zero-order chi connectivity index (χ0) is 49.6. The number of nitrogens with one attached hydrogen (secondary N) is 3. The summed E-state index contributed by atoms with van der Waals surface area (Å²) < 4.78 is 105. The van der Waals surface area contributed by atoms with Crippen LogP contribution in [0.25, 0.3) is 22.2 Å². The Balaban J connectivity index is 1.26. The van der Waals surface area contributed by atoms with Gasteiger partial charge in [0, 0.05) is 35.4 Å². The minimum Gasteiger partial charge on any atom is -0.497 e. The van der Waals surface area contributed by atoms with Crippen LogP contribution in [-0.4, -0.2) is 109 Å². The van der Waals surface area contributed by atoms with Crippen LogP contribution < -0.4 is 29.6 Å². The summed E-state index contributed by atoms with van der Waals surface area (Å²) in [5, 5.41) is 5.70. The molecule has 2 aliphatic carbocycles. The number of sulfonamides is 1. The van der Waals surface area contributed by atoms with Crippen LogP contribution in [0.15, 0.2) is 60.7 Å². The highest BCUT2D eigenvalue weighted by Gasteiger charge is 2.64. The van der Waals surface area contributed by atoms with Crippen molar-refractivity contribution in [1.82, 2.24) is 25.2 Å². The van der Waals surface area contributed by atoms with Crippen molar-refractivity contribution in [3.63, 3.8) is 0 Å². The molecule has 7 atom stereocenters. The van der Waals surface area contributed by atoms with Crippen molar-refractivity contribution in [2.45, 2.75) is 133 Å². The second-order valence-electron chi connectivity index (χ2n) is 19.4. The first-order chi connectivity index (χ1) is 31.9. The Kier molecular flexibility index (Phi) is 14.1. The lowest BCUT2D eigenvalue weighted by atomic mass is 9.88. The number of carbonyl (C=O) groups excluding carboxylic acids is 4. The number of carbonyl (C=O) groups is 4. The van der Waals surface area contributed by atoms with Crippen LogP contribution >= 0.6 is 0 Å². The van der Waals surface area contributed by atoms with Gasteiger partial charge in [0.1, 0.15) is 52.4 Å². The van der Waals surface area contributed by atoms with Gasteiger partial charge >= 0.3 is 12.3 Å². The first-order valence-corrected chi connectivity index (χ1v) is 24.3. The Morgan fingerprint density at radius 2 is 1.71 bits per heavy atom. The average Bonchev–Trinajstić information content (AvgIpc) is 4.17. The Bertz CT molecular complexity index is 2550. The highest BCUT2D eigenvalue weighted by atomic mass is 32.2. The lowest BCUT2D eigenvalue weighted by Crippen LogP contribution is -2.60. The van der Waals surface area contributed by atoms with Gasteiger partial charge in [-0.1, -0.05) is 26.0 Å². The molecule has 1 aromatic heterocycles. The molecule has 3 aromatic rings. The standard InChI is InChI=1S/C48H59F4N5O10S/c1-27(2)65-32-14-12-30(13-15-32)36-23-39(35-17-16-33(64-7)21-37(35)53-36)66-34-22-38-41(58)55-47(43(60)56-68(62,63)46(26-49)18-19-46)24-31(47)11-9-8-10-28(3)20-29(4)40(42(59)57(38)25-34)54-44(61)67-45(5,6)48(50,51)52/h9,11-17,21,23,27-29,31,34,38,40H,8,10,18-20,22,24-26H2,1-7H3,(H,54,61)(H,55,58)(H,56,60)/b11-9+/t28-,29-,31-,34-,38+,40+,47-/m1/s1. The van der Waals surface area contributed by atoms with Crippen molar-refractivity contribution in [2.24, 2.45) is 17.8 Å². The molecule has 0 bridgehead atoms. The molecule has 0 spiro atoms. The Hall–Kier alpha value is -5.66. The second-order valence-corrected chi connectivity index (χ2v) is 21.5. The molecule has 2 saturated carbocycles. The summed E-state index contributed by atoms with van der Waals surface area (Å²) in [6.07, 6.45) is -2.71. The zero-order valence-electron chi connectivity index (χ0n) is 39.1. The monoisotopic (exact) mass is 973 g/mol. The van der Waals surface area contributed by atoms with E-state index in [4.69, 9.17) is 23.9 Å². The van der Waals surface area contributed by atoms with Gasteiger partial charge in [0.05, 0.1) is 31.0 Å². The largest absolute Gasteiger partial charge is 0.497 e. The fourth-order valence-electron chi connectivity index (χ4n) is 8.90. The molecule has 68 heavy (non-hydrogen) atoms. The zero-order valence-corrected chi connectivity index (χ0v) is 39.9. The smallest absolute Gasteiger partial charge is 0.427 e. The topological polar surface area (TPSA) is 192 Å². The average molecular weight is 974 g/mol. The van der Waals surface area contributed by atoms with Gasteiger partial charge in [0.25, 0.3) is 5.91 Å². The molecule has 1 saturated heterocycles. The van der Waals surface area contributed by atoms with Crippen LogP contribution in [-0.2, 0) is 29.1 Å². The van der Waals surface area contributed by atoms with Gasteiger partial charge < -0.3 is 34.5 Å². The van der Waals surface area contributed by atoms with E-state index in [1.165, 1.54) is 12.0 Å². The number of nitrogens with zero attached hydrogens (tertiary/aromatic N) is 2. The van der Waals surface area contributed by atoms with Crippen molar-refractivity contribution >= 4 is 44.7 Å². The number of allylic oxidation sites excluding steroid dienone is 1. The van der Waals surface area contributed by atoms with Gasteiger partial charge in [-0.2, -0.15) is 13.2 Å². The maximum absolute atomic E-state index is 15.0. The molecule has 370 valence electrons. The SMILES string of the molecule is COc1ccc2c(O[C@@H]3C[C@H]4C(=O)N[C@]5(C(=O)NS(=O)(=O)C6(CF)CC6)C[C@H]5/C=C/CC[C@@H](C)C[C@@H](C)[C@H](NC(=O)OC(C)(C)C(F)(F)F)C(=O)N4C3)cc(-c3ccc(OC(C)C)cc3)nc2c1. The van der Waals surface area contributed by atoms with Gasteiger partial charge in [0.2, 0.25) is 27.4 Å². The van der Waals surface area contributed by atoms with E-state index in [-0.39, 0.29) is 44.2 Å². The molecule has 0 unspecified atom stereocenters. The summed E-state index contributed by atoms with van der Waals surface area (Å²) in [5.74, 6) is -2.71. The molecular formula is C48H59F4N5O10S. The van der Waals surface area contributed by atoms with E-state index in [1.807, 2.05) is 43.7 Å². The predicted molar refractivity (Wildman–Crippen MR) is 243 cm³/mol. The van der Waals surface area contributed by atoms with Crippen LogP contribution in [0.4, 0.5) is 22.4 Å². The minimum atomic E-state index is -4.95. The molecule has 4 amide bonds. The lowest BCUT2D eigenvalue weighted by Gasteiger charge is -2.34. The van der Waals surface area contributed by atoms with Gasteiger partial charge in [-0.05, 0) is 114 Å². The van der Waals surface area contributed by atoms with Crippen molar-refractivity contribution in [2.75, 3.05) is 20.3 Å². The number of methoxy groups -OCH3 is 1. The van der Waals surface area contributed by atoms with Crippen molar-refractivity contribution in [3.05, 3.63) is 60.7 Å². The lowest BCUT2D eigenvalue weighted by molar-refractivity contribution is -0.244. The predicted octanol–water partition coefficient (Wildman–Crippen LogP) is 7.32. The van der Waals surface area contributed by atoms with Crippen molar-refractivity contribution < 1.29 is 64.1 Å². The van der Waals surface area contributed by atoms with E-state index in [0.717, 1.165) is 0 Å². The number of hydrogen-bond acceptors (Lipinski definition) is 11. The number of ether oxygens (including phenoxy) is 4. The van der Waals surface area contributed by atoms with Gasteiger partial charge in [0.15, 0.2) is 0 Å². The molecule has 3 N–H and O–H groups in total. The quantitative estimate of drug-likeness (QED) is 0.122. The number of hydrogen-bond donors (Lipinski definition) is 3. The molecule has 4 aliphatic rings. The number of halogens is 4. The summed E-state index contributed by atoms with van der Waals surface area (Å²) in [5.41, 5.74) is -3.02. The van der Waals surface area contributed by atoms with Crippen LogP contribution in [0, 0.1) is 17.8 Å². The first-order valence-electron chi connectivity index (χ1n) is 22.8. The molecule has 3 heterocycles. The maximum Gasteiger partial charge on any atom is 0.427 e. The van der Waals surface area contributed by atoms with Crippen LogP contribution in [0.3, 0.4) is 0 Å². The number of amides is 4. The van der Waals surface area contributed by atoms with Gasteiger partial charge in [-0.15, -0.1) is 0 Å². The van der Waals surface area contributed by atoms with E-state index in [1.54, 1.807) is 49.4 Å². The van der Waals surface area contributed by atoms with Gasteiger partial charge in [-0.25, -0.2) is 22.6 Å². The third kappa shape index (κ3) is 10.5. The van der Waals surface area contributed by atoms with Crippen LogP contribution in [0.2, 0.25) is 0 Å². The fourth-order valence-corrected chi connectivity index (χ4v) is 10.3. The summed E-state index contributed by atoms with van der Waals surface area (Å²) >= 11 is 0.